The van der Waals surface area contributed by atoms with E-state index in [4.69, 9.17) is 65.4 Å². The highest BCUT2D eigenvalue weighted by Gasteiger charge is 2.26. The van der Waals surface area contributed by atoms with Crippen LogP contribution in [-0.2, 0) is 18.9 Å². The van der Waals surface area contributed by atoms with Crippen LogP contribution in [0.25, 0.3) is 66.1 Å². The maximum atomic E-state index is 13.1. The first-order valence-electron chi connectivity index (χ1n) is 22.8. The van der Waals surface area contributed by atoms with E-state index in [1.807, 2.05) is 98.8 Å². The average molecular weight is 1020 g/mol. The number of carbonyl (C=O) groups excluding carboxylic acids is 4. The zero-order valence-corrected chi connectivity index (χ0v) is 42.5. The number of fused-ring (bicyclic) bond motifs is 2. The summed E-state index contributed by atoms with van der Waals surface area (Å²) in [5, 5.41) is 5.51. The van der Waals surface area contributed by atoms with Crippen molar-refractivity contribution in [2.24, 2.45) is 0 Å². The topological polar surface area (TPSA) is 105 Å². The summed E-state index contributed by atoms with van der Waals surface area (Å²) in [5.74, 6) is -2.01. The van der Waals surface area contributed by atoms with Crippen molar-refractivity contribution in [3.8, 4) is 44.5 Å². The molecule has 8 aromatic carbocycles. The van der Waals surface area contributed by atoms with Crippen molar-refractivity contribution in [2.45, 2.75) is 41.5 Å². The summed E-state index contributed by atoms with van der Waals surface area (Å²) in [4.78, 5) is 52.3. The van der Waals surface area contributed by atoms with E-state index >= 15 is 0 Å². The Balaban J connectivity index is 0.000000222. The molecule has 0 saturated carbocycles. The van der Waals surface area contributed by atoms with Gasteiger partial charge in [0.15, 0.2) is 0 Å². The molecule has 70 heavy (non-hydrogen) atoms. The third kappa shape index (κ3) is 11.8. The van der Waals surface area contributed by atoms with Crippen LogP contribution in [0.4, 0.5) is 0 Å². The first-order valence-corrected chi connectivity index (χ1v) is 24.3. The van der Waals surface area contributed by atoms with Gasteiger partial charge in [0.1, 0.15) is 0 Å². The fraction of sp³-hybridized carbons (Fsp3) is 0.172. The number of carbonyl (C=O) groups is 4. The standard InChI is InChI=1S/2C28H22Cl2O4.C2H6/c1-3-33-27(31)23-16-22(20-9-5-6-13-25(20)29)24(28(32)34-4-2)15-21(23)18-10-7-12-19-17(18)11-8-14-26(19)30;1-3-33-27(31)25-16-24(22-11-7-9-17-8-5-6-10-21(17)22)26(28(32)34-4-2)15-23(25)18-12-19(29)14-20(30)13-18;1-2/h2*5-16H,3-4H2,1-2H3;1-2H3. The minimum atomic E-state index is -0.509. The summed E-state index contributed by atoms with van der Waals surface area (Å²) in [7, 11) is 0. The van der Waals surface area contributed by atoms with Gasteiger partial charge in [-0.05, 0) is 137 Å². The van der Waals surface area contributed by atoms with Gasteiger partial charge in [0.05, 0.1) is 48.7 Å². The van der Waals surface area contributed by atoms with Crippen LogP contribution >= 0.6 is 46.4 Å². The normalized spacial score (nSPS) is 10.6. The molecule has 358 valence electrons. The highest BCUT2D eigenvalue weighted by molar-refractivity contribution is 6.36. The SMILES string of the molecule is CC.CCOC(=O)c1cc(-c2cccc3c(Cl)cccc23)c(C(=O)OCC)cc1-c1ccccc1Cl.CCOC(=O)c1cc(-c2cccc3ccccc23)c(C(=O)OCC)cc1-c1cc(Cl)cc(Cl)c1. The molecule has 0 spiro atoms. The Hall–Kier alpha value is -6.68. The Morgan fingerprint density at radius 1 is 0.357 bits per heavy atom. The Morgan fingerprint density at radius 2 is 0.714 bits per heavy atom. The van der Waals surface area contributed by atoms with Crippen molar-refractivity contribution in [1.29, 1.82) is 0 Å². The Labute approximate surface area is 428 Å². The molecule has 0 aliphatic carbocycles. The van der Waals surface area contributed by atoms with E-state index in [2.05, 4.69) is 0 Å². The van der Waals surface area contributed by atoms with Crippen molar-refractivity contribution in [3.63, 3.8) is 0 Å². The second-order valence-corrected chi connectivity index (χ2v) is 16.8. The number of hydrogen-bond donors (Lipinski definition) is 0. The van der Waals surface area contributed by atoms with E-state index in [9.17, 15) is 19.2 Å². The van der Waals surface area contributed by atoms with E-state index in [-0.39, 0.29) is 26.4 Å². The molecule has 0 N–H and O–H groups in total. The maximum Gasteiger partial charge on any atom is 0.338 e. The smallest absolute Gasteiger partial charge is 0.338 e. The van der Waals surface area contributed by atoms with Crippen molar-refractivity contribution in [2.75, 3.05) is 26.4 Å². The van der Waals surface area contributed by atoms with Crippen molar-refractivity contribution in [1.82, 2.24) is 0 Å². The molecular weight excluding hydrogens is 966 g/mol. The maximum absolute atomic E-state index is 13.1. The minimum absolute atomic E-state index is 0.206. The Morgan fingerprint density at radius 3 is 1.24 bits per heavy atom. The molecule has 0 atom stereocenters. The van der Waals surface area contributed by atoms with Crippen LogP contribution in [0.2, 0.25) is 20.1 Å². The molecule has 8 nitrogen and oxygen atoms in total. The van der Waals surface area contributed by atoms with E-state index in [1.54, 1.807) is 88.4 Å². The Bertz CT molecular complexity index is 3190. The average Bonchev–Trinajstić information content (AvgIpc) is 3.36. The van der Waals surface area contributed by atoms with Crippen LogP contribution in [0.5, 0.6) is 0 Å². The lowest BCUT2D eigenvalue weighted by Crippen LogP contribution is -2.12. The molecule has 0 fully saturated rings. The van der Waals surface area contributed by atoms with Crippen molar-refractivity contribution in [3.05, 3.63) is 188 Å². The Kier molecular flexibility index (Phi) is 18.6. The molecule has 0 unspecified atom stereocenters. The number of ether oxygens (including phenoxy) is 4. The first kappa shape index (κ1) is 52.7. The second-order valence-electron chi connectivity index (χ2n) is 15.1. The van der Waals surface area contributed by atoms with Gasteiger partial charge in [-0.1, -0.05) is 151 Å². The van der Waals surface area contributed by atoms with Crippen LogP contribution in [0, 0.1) is 0 Å². The summed E-state index contributed by atoms with van der Waals surface area (Å²) in [5.41, 5.74) is 6.12. The van der Waals surface area contributed by atoms with Gasteiger partial charge in [0, 0.05) is 31.0 Å². The third-order valence-electron chi connectivity index (χ3n) is 10.9. The summed E-state index contributed by atoms with van der Waals surface area (Å²) in [6.07, 6.45) is 0. The highest BCUT2D eigenvalue weighted by Crippen LogP contribution is 2.41. The molecule has 0 aromatic heterocycles. The molecule has 0 saturated heterocycles. The monoisotopic (exact) mass is 1010 g/mol. The summed E-state index contributed by atoms with van der Waals surface area (Å²) < 4.78 is 21.5. The molecule has 0 bridgehead atoms. The molecule has 0 aliphatic heterocycles. The summed E-state index contributed by atoms with van der Waals surface area (Å²) in [6.45, 7) is 11.8. The summed E-state index contributed by atoms with van der Waals surface area (Å²) in [6, 6.07) is 43.8. The first-order chi connectivity index (χ1) is 33.9. The van der Waals surface area contributed by atoms with E-state index in [1.165, 1.54) is 0 Å². The third-order valence-corrected chi connectivity index (χ3v) is 12.0. The van der Waals surface area contributed by atoms with Crippen LogP contribution in [-0.4, -0.2) is 50.3 Å². The van der Waals surface area contributed by atoms with Crippen LogP contribution < -0.4 is 0 Å². The molecule has 8 aromatic rings. The van der Waals surface area contributed by atoms with E-state index in [0.29, 0.717) is 75.7 Å². The number of esters is 4. The minimum Gasteiger partial charge on any atom is -0.462 e. The number of halogens is 4. The van der Waals surface area contributed by atoms with Gasteiger partial charge in [0.25, 0.3) is 0 Å². The molecule has 0 aliphatic rings. The fourth-order valence-electron chi connectivity index (χ4n) is 7.97. The number of benzene rings is 8. The van der Waals surface area contributed by atoms with Crippen molar-refractivity contribution < 1.29 is 38.1 Å². The molecule has 12 heteroatoms. The quantitative estimate of drug-likeness (QED) is 0.0880. The zero-order chi connectivity index (χ0) is 50.5. The van der Waals surface area contributed by atoms with Gasteiger partial charge in [-0.2, -0.15) is 0 Å². The molecule has 0 amide bonds. The van der Waals surface area contributed by atoms with Crippen LogP contribution in [0.15, 0.2) is 146 Å². The summed E-state index contributed by atoms with van der Waals surface area (Å²) >= 11 is 25.4. The molecular formula is C58H50Cl4O8. The van der Waals surface area contributed by atoms with E-state index in [0.717, 1.165) is 32.7 Å². The van der Waals surface area contributed by atoms with Gasteiger partial charge in [-0.15, -0.1) is 0 Å². The predicted octanol–water partition coefficient (Wildman–Crippen LogP) is 16.7. The molecule has 0 heterocycles. The molecule has 8 rings (SSSR count). The number of rotatable bonds is 12. The van der Waals surface area contributed by atoms with Gasteiger partial charge in [-0.3, -0.25) is 0 Å². The van der Waals surface area contributed by atoms with Crippen LogP contribution in [0.1, 0.15) is 83.0 Å². The van der Waals surface area contributed by atoms with Gasteiger partial charge in [0.2, 0.25) is 0 Å². The van der Waals surface area contributed by atoms with Gasteiger partial charge >= 0.3 is 23.9 Å². The lowest BCUT2D eigenvalue weighted by atomic mass is 9.88. The van der Waals surface area contributed by atoms with Crippen LogP contribution in [0.3, 0.4) is 0 Å². The second kappa shape index (κ2) is 24.7. The van der Waals surface area contributed by atoms with Gasteiger partial charge < -0.3 is 18.9 Å². The number of hydrogen-bond acceptors (Lipinski definition) is 8. The van der Waals surface area contributed by atoms with Crippen molar-refractivity contribution >= 4 is 91.8 Å². The van der Waals surface area contributed by atoms with Gasteiger partial charge in [-0.25, -0.2) is 19.2 Å². The molecule has 0 radical (unpaired) electrons. The predicted molar refractivity (Wildman–Crippen MR) is 285 cm³/mol. The largest absolute Gasteiger partial charge is 0.462 e. The van der Waals surface area contributed by atoms with E-state index < -0.39 is 23.9 Å². The lowest BCUT2D eigenvalue weighted by Gasteiger charge is -2.18. The lowest BCUT2D eigenvalue weighted by molar-refractivity contribution is 0.0513. The highest BCUT2D eigenvalue weighted by atomic mass is 35.5. The fourth-order valence-corrected chi connectivity index (χ4v) is 8.97. The zero-order valence-electron chi connectivity index (χ0n) is 39.5.